The van der Waals surface area contributed by atoms with Crippen molar-refractivity contribution in [1.82, 2.24) is 5.32 Å². The van der Waals surface area contributed by atoms with Gasteiger partial charge in [0.25, 0.3) is 0 Å². The van der Waals surface area contributed by atoms with Gasteiger partial charge in [0.1, 0.15) is 11.6 Å². The highest BCUT2D eigenvalue weighted by molar-refractivity contribution is 5.24. The fourth-order valence-electron chi connectivity index (χ4n) is 2.39. The van der Waals surface area contributed by atoms with Gasteiger partial charge in [-0.2, -0.15) is 0 Å². The Morgan fingerprint density at radius 1 is 1.29 bits per heavy atom. The summed E-state index contributed by atoms with van der Waals surface area (Å²) in [5, 5.41) is 3.29. The Balaban J connectivity index is 2.24. The third kappa shape index (κ3) is 2.65. The maximum Gasteiger partial charge on any atom is 0.130 e. The SMILES string of the molecule is CCCNC(c1c(F)cccc1F)C1CCC1. The zero-order chi connectivity index (χ0) is 12.3. The van der Waals surface area contributed by atoms with Crippen LogP contribution in [0.15, 0.2) is 18.2 Å². The Morgan fingerprint density at radius 2 is 1.94 bits per heavy atom. The molecule has 0 aromatic heterocycles. The zero-order valence-electron chi connectivity index (χ0n) is 10.2. The van der Waals surface area contributed by atoms with Crippen molar-refractivity contribution >= 4 is 0 Å². The van der Waals surface area contributed by atoms with Gasteiger partial charge in [0, 0.05) is 11.6 Å². The van der Waals surface area contributed by atoms with E-state index >= 15 is 0 Å². The molecule has 0 bridgehead atoms. The van der Waals surface area contributed by atoms with Crippen molar-refractivity contribution in [2.75, 3.05) is 6.54 Å². The third-order valence-electron chi connectivity index (χ3n) is 3.55. The number of nitrogens with one attached hydrogen (secondary N) is 1. The van der Waals surface area contributed by atoms with Crippen molar-refractivity contribution in [3.8, 4) is 0 Å². The van der Waals surface area contributed by atoms with E-state index in [2.05, 4.69) is 12.2 Å². The van der Waals surface area contributed by atoms with Crippen LogP contribution in [0.2, 0.25) is 0 Å². The topological polar surface area (TPSA) is 12.0 Å². The molecule has 1 aromatic carbocycles. The maximum atomic E-state index is 13.8. The van der Waals surface area contributed by atoms with Gasteiger partial charge in [-0.25, -0.2) is 8.78 Å². The average Bonchev–Trinajstić information content (AvgIpc) is 2.22. The summed E-state index contributed by atoms with van der Waals surface area (Å²) >= 11 is 0. The minimum Gasteiger partial charge on any atom is -0.310 e. The van der Waals surface area contributed by atoms with Gasteiger partial charge in [0.2, 0.25) is 0 Å². The molecule has 3 heteroatoms. The first-order chi connectivity index (χ1) is 8.24. The van der Waals surface area contributed by atoms with Crippen molar-refractivity contribution in [1.29, 1.82) is 0 Å². The molecule has 1 aromatic rings. The zero-order valence-corrected chi connectivity index (χ0v) is 10.2. The van der Waals surface area contributed by atoms with Crippen LogP contribution in [-0.2, 0) is 0 Å². The van der Waals surface area contributed by atoms with E-state index in [0.717, 1.165) is 25.8 Å². The van der Waals surface area contributed by atoms with E-state index in [0.29, 0.717) is 5.92 Å². The smallest absolute Gasteiger partial charge is 0.130 e. The van der Waals surface area contributed by atoms with Gasteiger partial charge in [0.15, 0.2) is 0 Å². The summed E-state index contributed by atoms with van der Waals surface area (Å²) in [7, 11) is 0. The van der Waals surface area contributed by atoms with Gasteiger partial charge < -0.3 is 5.32 Å². The molecule has 1 fully saturated rings. The molecule has 0 aliphatic heterocycles. The van der Waals surface area contributed by atoms with E-state index in [9.17, 15) is 8.78 Å². The van der Waals surface area contributed by atoms with Crippen LogP contribution >= 0.6 is 0 Å². The molecule has 0 radical (unpaired) electrons. The van der Waals surface area contributed by atoms with Crippen molar-refractivity contribution in [3.05, 3.63) is 35.4 Å². The van der Waals surface area contributed by atoms with E-state index < -0.39 is 11.6 Å². The molecule has 1 unspecified atom stereocenters. The van der Waals surface area contributed by atoms with E-state index in [1.54, 1.807) is 0 Å². The van der Waals surface area contributed by atoms with Crippen molar-refractivity contribution < 1.29 is 8.78 Å². The number of halogens is 2. The van der Waals surface area contributed by atoms with Crippen LogP contribution < -0.4 is 5.32 Å². The summed E-state index contributed by atoms with van der Waals surface area (Å²) < 4.78 is 27.5. The molecule has 2 rings (SSSR count). The number of hydrogen-bond donors (Lipinski definition) is 1. The minimum atomic E-state index is -0.425. The lowest BCUT2D eigenvalue weighted by molar-refractivity contribution is 0.223. The fourth-order valence-corrected chi connectivity index (χ4v) is 2.39. The second kappa shape index (κ2) is 5.58. The molecule has 1 nitrogen and oxygen atoms in total. The normalized spacial score (nSPS) is 17.8. The van der Waals surface area contributed by atoms with Crippen LogP contribution in [0.5, 0.6) is 0 Å². The highest BCUT2D eigenvalue weighted by atomic mass is 19.1. The first kappa shape index (κ1) is 12.5. The Bertz CT molecular complexity index is 354. The maximum absolute atomic E-state index is 13.8. The van der Waals surface area contributed by atoms with Gasteiger partial charge in [-0.1, -0.05) is 19.4 Å². The average molecular weight is 239 g/mol. The van der Waals surface area contributed by atoms with Gasteiger partial charge >= 0.3 is 0 Å². The predicted molar refractivity (Wildman–Crippen MR) is 64.7 cm³/mol. The molecule has 1 saturated carbocycles. The van der Waals surface area contributed by atoms with Crippen molar-refractivity contribution in [2.24, 2.45) is 5.92 Å². The standard InChI is InChI=1S/C14H19F2N/c1-2-9-17-14(10-5-3-6-10)13-11(15)7-4-8-12(13)16/h4,7-8,10,14,17H,2-3,5-6,9H2,1H3. The van der Waals surface area contributed by atoms with Crippen LogP contribution in [0.3, 0.4) is 0 Å². The predicted octanol–water partition coefficient (Wildman–Crippen LogP) is 3.81. The molecule has 0 saturated heterocycles. The molecule has 1 N–H and O–H groups in total. The van der Waals surface area contributed by atoms with Crippen LogP contribution in [0.25, 0.3) is 0 Å². The van der Waals surface area contributed by atoms with E-state index in [4.69, 9.17) is 0 Å². The Hall–Kier alpha value is -0.960. The van der Waals surface area contributed by atoms with Crippen LogP contribution in [0.4, 0.5) is 8.78 Å². The molecular weight excluding hydrogens is 220 g/mol. The third-order valence-corrected chi connectivity index (χ3v) is 3.55. The lowest BCUT2D eigenvalue weighted by Crippen LogP contribution is -2.34. The molecule has 0 heterocycles. The monoisotopic (exact) mass is 239 g/mol. The summed E-state index contributed by atoms with van der Waals surface area (Å²) in [4.78, 5) is 0. The van der Waals surface area contributed by atoms with E-state index in [1.807, 2.05) is 0 Å². The first-order valence-electron chi connectivity index (χ1n) is 6.41. The lowest BCUT2D eigenvalue weighted by Gasteiger charge is -2.35. The summed E-state index contributed by atoms with van der Waals surface area (Å²) in [6, 6.07) is 3.95. The van der Waals surface area contributed by atoms with E-state index in [1.165, 1.54) is 24.6 Å². The molecule has 1 aliphatic rings. The molecule has 0 spiro atoms. The summed E-state index contributed by atoms with van der Waals surface area (Å²) in [5.41, 5.74) is 0.227. The van der Waals surface area contributed by atoms with Crippen LogP contribution in [-0.4, -0.2) is 6.54 Å². The molecule has 0 amide bonds. The lowest BCUT2D eigenvalue weighted by atomic mass is 9.77. The van der Waals surface area contributed by atoms with E-state index in [-0.39, 0.29) is 11.6 Å². The molecule has 94 valence electrons. The van der Waals surface area contributed by atoms with Gasteiger partial charge in [-0.05, 0) is 43.9 Å². The number of benzene rings is 1. The minimum absolute atomic E-state index is 0.162. The summed E-state index contributed by atoms with van der Waals surface area (Å²) in [6.45, 7) is 2.86. The number of rotatable bonds is 5. The Labute approximate surface area is 101 Å². The van der Waals surface area contributed by atoms with Gasteiger partial charge in [-0.15, -0.1) is 0 Å². The largest absolute Gasteiger partial charge is 0.310 e. The van der Waals surface area contributed by atoms with Gasteiger partial charge in [0.05, 0.1) is 0 Å². The highest BCUT2D eigenvalue weighted by Gasteiger charge is 2.31. The molecule has 1 aliphatic carbocycles. The Morgan fingerprint density at radius 3 is 2.41 bits per heavy atom. The fraction of sp³-hybridized carbons (Fsp3) is 0.571. The quantitative estimate of drug-likeness (QED) is 0.824. The van der Waals surface area contributed by atoms with Crippen LogP contribution in [0, 0.1) is 17.6 Å². The summed E-state index contributed by atoms with van der Waals surface area (Å²) in [5.74, 6) is -0.469. The first-order valence-corrected chi connectivity index (χ1v) is 6.41. The van der Waals surface area contributed by atoms with Crippen LogP contribution in [0.1, 0.15) is 44.2 Å². The summed E-state index contributed by atoms with van der Waals surface area (Å²) in [6.07, 6.45) is 4.27. The molecule has 17 heavy (non-hydrogen) atoms. The second-order valence-electron chi connectivity index (χ2n) is 4.76. The van der Waals surface area contributed by atoms with Gasteiger partial charge in [-0.3, -0.25) is 0 Å². The van der Waals surface area contributed by atoms with Crippen molar-refractivity contribution in [2.45, 2.75) is 38.6 Å². The molecule has 1 atom stereocenters. The Kier molecular flexibility index (Phi) is 4.11. The second-order valence-corrected chi connectivity index (χ2v) is 4.76. The number of hydrogen-bond acceptors (Lipinski definition) is 1. The molecular formula is C14H19F2N. The highest BCUT2D eigenvalue weighted by Crippen LogP contribution is 2.39. The van der Waals surface area contributed by atoms with Crippen molar-refractivity contribution in [3.63, 3.8) is 0 Å².